The minimum absolute atomic E-state index is 0.0304. The minimum Gasteiger partial charge on any atom is -0.352 e. The first kappa shape index (κ1) is 23.6. The molecule has 2 aliphatic heterocycles. The van der Waals surface area contributed by atoms with Crippen molar-refractivity contribution in [3.8, 4) is 11.3 Å². The minimum atomic E-state index is -3.66. The number of nitrogens with zero attached hydrogens (tertiary/aromatic N) is 5. The Morgan fingerprint density at radius 2 is 1.49 bits per heavy atom. The zero-order valence-corrected chi connectivity index (χ0v) is 21.4. The van der Waals surface area contributed by atoms with E-state index in [-0.39, 0.29) is 10.8 Å². The van der Waals surface area contributed by atoms with Crippen LogP contribution in [-0.2, 0) is 21.2 Å². The summed E-state index contributed by atoms with van der Waals surface area (Å²) in [6.45, 7) is 3.83. The van der Waals surface area contributed by atoms with Crippen molar-refractivity contribution in [2.45, 2.75) is 18.2 Å². The summed E-state index contributed by atoms with van der Waals surface area (Å²) in [5, 5.41) is 0. The van der Waals surface area contributed by atoms with Crippen LogP contribution in [0.15, 0.2) is 77.7 Å². The molecule has 188 valence electrons. The monoisotopic (exact) mass is 513 g/mol. The highest BCUT2D eigenvalue weighted by atomic mass is 32.2. The molecule has 0 spiro atoms. The lowest BCUT2D eigenvalue weighted by Crippen LogP contribution is -2.49. The smallest absolute Gasteiger partial charge is 0.243 e. The maximum atomic E-state index is 13.5. The van der Waals surface area contributed by atoms with Gasteiger partial charge < -0.3 is 9.80 Å². The third kappa shape index (κ3) is 4.24. The van der Waals surface area contributed by atoms with E-state index < -0.39 is 10.0 Å². The van der Waals surface area contributed by atoms with Gasteiger partial charge in [0.15, 0.2) is 5.82 Å². The Kier molecular flexibility index (Phi) is 5.89. The van der Waals surface area contributed by atoms with Crippen LogP contribution in [0.2, 0.25) is 0 Å². The number of benzene rings is 3. The van der Waals surface area contributed by atoms with Crippen molar-refractivity contribution in [3.05, 3.63) is 78.4 Å². The number of piperazine rings is 1. The van der Waals surface area contributed by atoms with Crippen LogP contribution in [0.4, 0.5) is 11.5 Å². The molecule has 0 radical (unpaired) electrons. The fraction of sp³-hybridized carbons (Fsp3) is 0.250. The molecule has 0 atom stereocenters. The van der Waals surface area contributed by atoms with E-state index in [1.54, 1.807) is 27.4 Å². The summed E-state index contributed by atoms with van der Waals surface area (Å²) in [4.78, 5) is 25.8. The van der Waals surface area contributed by atoms with Crippen LogP contribution in [0.3, 0.4) is 0 Å². The van der Waals surface area contributed by atoms with E-state index in [1.807, 2.05) is 54.6 Å². The molecule has 0 unspecified atom stereocenters. The van der Waals surface area contributed by atoms with E-state index in [0.29, 0.717) is 39.1 Å². The molecule has 8 nitrogen and oxygen atoms in total. The third-order valence-electron chi connectivity index (χ3n) is 7.10. The van der Waals surface area contributed by atoms with Gasteiger partial charge in [0, 0.05) is 50.9 Å². The molecule has 2 aliphatic rings. The van der Waals surface area contributed by atoms with Gasteiger partial charge in [-0.15, -0.1) is 0 Å². The Bertz CT molecular complexity index is 1600. The molecule has 1 fully saturated rings. The summed E-state index contributed by atoms with van der Waals surface area (Å²) >= 11 is 0. The molecular weight excluding hydrogens is 486 g/mol. The van der Waals surface area contributed by atoms with Gasteiger partial charge in [0.2, 0.25) is 15.9 Å². The molecule has 37 heavy (non-hydrogen) atoms. The fourth-order valence-corrected chi connectivity index (χ4v) is 6.63. The van der Waals surface area contributed by atoms with Gasteiger partial charge in [-0.05, 0) is 42.3 Å². The number of para-hydroxylation sites is 2. The van der Waals surface area contributed by atoms with E-state index in [0.717, 1.165) is 39.4 Å². The third-order valence-corrected chi connectivity index (χ3v) is 9.00. The Hall–Kier alpha value is -3.82. The molecule has 4 aromatic rings. The van der Waals surface area contributed by atoms with E-state index in [9.17, 15) is 13.2 Å². The predicted octanol–water partition coefficient (Wildman–Crippen LogP) is 3.72. The first-order valence-corrected chi connectivity index (χ1v) is 13.8. The van der Waals surface area contributed by atoms with Crippen molar-refractivity contribution in [2.24, 2.45) is 0 Å². The number of sulfonamides is 1. The van der Waals surface area contributed by atoms with Crippen molar-refractivity contribution < 1.29 is 13.2 Å². The van der Waals surface area contributed by atoms with E-state index in [1.165, 1.54) is 6.92 Å². The number of carbonyl (C=O) groups is 1. The average Bonchev–Trinajstić information content (AvgIpc) is 3.37. The lowest BCUT2D eigenvalue weighted by Gasteiger charge is -2.35. The summed E-state index contributed by atoms with van der Waals surface area (Å²) in [6.07, 6.45) is 0.662. The molecular formula is C28H27N5O3S. The van der Waals surface area contributed by atoms with Gasteiger partial charge in [0.1, 0.15) is 5.69 Å². The summed E-state index contributed by atoms with van der Waals surface area (Å²) in [6, 6.07) is 22.9. The number of anilines is 2. The first-order valence-electron chi connectivity index (χ1n) is 12.4. The maximum Gasteiger partial charge on any atom is 0.243 e. The lowest BCUT2D eigenvalue weighted by atomic mass is 10.1. The molecule has 0 aliphatic carbocycles. The number of amides is 1. The van der Waals surface area contributed by atoms with Gasteiger partial charge in [-0.3, -0.25) is 4.79 Å². The Morgan fingerprint density at radius 1 is 0.811 bits per heavy atom. The second-order valence-corrected chi connectivity index (χ2v) is 11.3. The highest BCUT2D eigenvalue weighted by molar-refractivity contribution is 7.89. The molecule has 3 aromatic carbocycles. The van der Waals surface area contributed by atoms with Crippen molar-refractivity contribution in [1.29, 1.82) is 0 Å². The largest absolute Gasteiger partial charge is 0.352 e. The average molecular weight is 514 g/mol. The summed E-state index contributed by atoms with van der Waals surface area (Å²) in [5.74, 6) is 0.737. The molecule has 9 heteroatoms. The van der Waals surface area contributed by atoms with Crippen LogP contribution in [0.1, 0.15) is 12.5 Å². The van der Waals surface area contributed by atoms with Crippen molar-refractivity contribution in [2.75, 3.05) is 42.5 Å². The molecule has 0 bridgehead atoms. The van der Waals surface area contributed by atoms with Crippen molar-refractivity contribution in [3.63, 3.8) is 0 Å². The fourth-order valence-electron chi connectivity index (χ4n) is 5.16. The van der Waals surface area contributed by atoms with Gasteiger partial charge in [-0.1, -0.05) is 42.5 Å². The molecule has 6 rings (SSSR count). The molecule has 0 saturated carbocycles. The second-order valence-electron chi connectivity index (χ2n) is 9.35. The number of rotatable bonds is 4. The standard InChI is InChI=1S/C28H27N5O3S/c1-20(34)33-14-13-22-19-23(11-12-26(22)33)37(35,36)32-17-15-31(16-18-32)28-27(21-7-3-2-4-8-21)29-24-9-5-6-10-25(24)30-28/h2-12,19H,13-18H2,1H3. The van der Waals surface area contributed by atoms with Crippen LogP contribution >= 0.6 is 0 Å². The topological polar surface area (TPSA) is 86.7 Å². The second kappa shape index (κ2) is 9.24. The van der Waals surface area contributed by atoms with Crippen LogP contribution in [0, 0.1) is 0 Å². The molecule has 1 amide bonds. The molecule has 3 heterocycles. The molecule has 1 saturated heterocycles. The van der Waals surface area contributed by atoms with Crippen molar-refractivity contribution >= 4 is 38.5 Å². The summed E-state index contributed by atoms with van der Waals surface area (Å²) in [7, 11) is -3.66. The number of fused-ring (bicyclic) bond motifs is 2. The maximum absolute atomic E-state index is 13.5. The first-order chi connectivity index (χ1) is 17.9. The van der Waals surface area contributed by atoms with Gasteiger partial charge in [-0.2, -0.15) is 4.31 Å². The van der Waals surface area contributed by atoms with E-state index >= 15 is 0 Å². The molecule has 0 N–H and O–H groups in total. The Morgan fingerprint density at radius 3 is 2.19 bits per heavy atom. The number of carbonyl (C=O) groups excluding carboxylic acids is 1. The zero-order valence-electron chi connectivity index (χ0n) is 20.5. The normalized spacial score (nSPS) is 16.2. The number of aromatic nitrogens is 2. The predicted molar refractivity (Wildman–Crippen MR) is 144 cm³/mol. The van der Waals surface area contributed by atoms with Crippen LogP contribution < -0.4 is 9.80 Å². The van der Waals surface area contributed by atoms with Crippen molar-refractivity contribution in [1.82, 2.24) is 14.3 Å². The number of hydrogen-bond donors (Lipinski definition) is 0. The van der Waals surface area contributed by atoms with E-state index in [4.69, 9.17) is 9.97 Å². The highest BCUT2D eigenvalue weighted by Gasteiger charge is 2.32. The highest BCUT2D eigenvalue weighted by Crippen LogP contribution is 2.33. The quantitative estimate of drug-likeness (QED) is 0.414. The van der Waals surface area contributed by atoms with Crippen LogP contribution in [0.5, 0.6) is 0 Å². The van der Waals surface area contributed by atoms with Gasteiger partial charge in [0.25, 0.3) is 0 Å². The van der Waals surface area contributed by atoms with Crippen LogP contribution in [-0.4, -0.2) is 61.3 Å². The summed E-state index contributed by atoms with van der Waals surface area (Å²) < 4.78 is 28.6. The Labute approximate surface area is 216 Å². The Balaban J connectivity index is 1.26. The van der Waals surface area contributed by atoms with Gasteiger partial charge in [-0.25, -0.2) is 18.4 Å². The van der Waals surface area contributed by atoms with Gasteiger partial charge >= 0.3 is 0 Å². The SMILES string of the molecule is CC(=O)N1CCc2cc(S(=O)(=O)N3CCN(c4nc5ccccc5nc4-c4ccccc4)CC3)ccc21. The lowest BCUT2D eigenvalue weighted by molar-refractivity contribution is -0.116. The zero-order chi connectivity index (χ0) is 25.6. The summed E-state index contributed by atoms with van der Waals surface area (Å²) in [5.41, 5.74) is 5.11. The van der Waals surface area contributed by atoms with E-state index in [2.05, 4.69) is 4.90 Å². The molecule has 1 aromatic heterocycles. The van der Waals surface area contributed by atoms with Crippen LogP contribution in [0.25, 0.3) is 22.3 Å². The van der Waals surface area contributed by atoms with Gasteiger partial charge in [0.05, 0.1) is 15.9 Å². The number of hydrogen-bond acceptors (Lipinski definition) is 6.